The Morgan fingerprint density at radius 1 is 1.11 bits per heavy atom. The summed E-state index contributed by atoms with van der Waals surface area (Å²) < 4.78 is 82.3. The lowest BCUT2D eigenvalue weighted by Gasteiger charge is -2.31. The Hall–Kier alpha value is -2.46. The zero-order valence-corrected chi connectivity index (χ0v) is 14.8. The summed E-state index contributed by atoms with van der Waals surface area (Å²) in [5.74, 6) is -1.09. The molecule has 1 saturated heterocycles. The van der Waals surface area contributed by atoms with Crippen molar-refractivity contribution in [3.63, 3.8) is 0 Å². The average Bonchev–Trinajstić information content (AvgIpc) is 2.60. The van der Waals surface area contributed by atoms with Crippen molar-refractivity contribution in [2.24, 2.45) is 5.92 Å². The average molecular weight is 412 g/mol. The molecular weight excluding hydrogens is 394 g/mol. The van der Waals surface area contributed by atoms with Gasteiger partial charge in [-0.1, -0.05) is 0 Å². The topological polar surface area (TPSA) is 58.6 Å². The van der Waals surface area contributed by atoms with Crippen LogP contribution in [0.3, 0.4) is 0 Å². The molecule has 28 heavy (non-hydrogen) atoms. The van der Waals surface area contributed by atoms with Crippen LogP contribution in [0.2, 0.25) is 0 Å². The van der Waals surface area contributed by atoms with Gasteiger partial charge in [0.15, 0.2) is 0 Å². The fraction of sp³-hybridized carbons (Fsp3) is 0.529. The first-order chi connectivity index (χ1) is 12.9. The van der Waals surface area contributed by atoms with Crippen molar-refractivity contribution in [3.8, 4) is 0 Å². The standard InChI is InChI=1S/C17H18F6N2O3/c1-2-28-14(26)10-4-3-5-25(9-10)15(27)24-13-7-11(16(18,19)20)6-12(8-13)17(21,22)23/h6-8,10H,2-5,9H2,1H3,(H,24,27). The summed E-state index contributed by atoms with van der Waals surface area (Å²) in [7, 11) is 0. The van der Waals surface area contributed by atoms with E-state index < -0.39 is 47.1 Å². The quantitative estimate of drug-likeness (QED) is 0.586. The summed E-state index contributed by atoms with van der Waals surface area (Å²) in [5, 5.41) is 2.06. The lowest BCUT2D eigenvalue weighted by atomic mass is 9.98. The van der Waals surface area contributed by atoms with Gasteiger partial charge in [0.25, 0.3) is 0 Å². The van der Waals surface area contributed by atoms with Crippen molar-refractivity contribution < 1.29 is 40.7 Å². The zero-order valence-electron chi connectivity index (χ0n) is 14.8. The van der Waals surface area contributed by atoms with Gasteiger partial charge in [0.2, 0.25) is 0 Å². The Labute approximate surface area is 156 Å². The molecule has 2 rings (SSSR count). The smallest absolute Gasteiger partial charge is 0.416 e. The van der Waals surface area contributed by atoms with E-state index in [0.29, 0.717) is 25.0 Å². The van der Waals surface area contributed by atoms with Crippen LogP contribution < -0.4 is 5.32 Å². The van der Waals surface area contributed by atoms with Gasteiger partial charge >= 0.3 is 24.4 Å². The predicted molar refractivity (Wildman–Crippen MR) is 86.4 cm³/mol. The zero-order chi connectivity index (χ0) is 21.1. The molecule has 5 nitrogen and oxygen atoms in total. The maximum atomic E-state index is 12.9. The van der Waals surface area contributed by atoms with Crippen LogP contribution >= 0.6 is 0 Å². The minimum absolute atomic E-state index is 0.0205. The third kappa shape index (κ3) is 5.52. The highest BCUT2D eigenvalue weighted by Gasteiger charge is 2.37. The van der Waals surface area contributed by atoms with Crippen molar-refractivity contribution in [1.82, 2.24) is 4.90 Å². The first-order valence-corrected chi connectivity index (χ1v) is 8.44. The van der Waals surface area contributed by atoms with Gasteiger partial charge in [-0.15, -0.1) is 0 Å². The van der Waals surface area contributed by atoms with Gasteiger partial charge in [-0.25, -0.2) is 4.79 Å². The van der Waals surface area contributed by atoms with Crippen LogP contribution in [0.5, 0.6) is 0 Å². The number of urea groups is 1. The Morgan fingerprint density at radius 2 is 1.68 bits per heavy atom. The van der Waals surface area contributed by atoms with Crippen LogP contribution in [0.15, 0.2) is 18.2 Å². The Morgan fingerprint density at radius 3 is 2.18 bits per heavy atom. The van der Waals surface area contributed by atoms with Gasteiger partial charge in [-0.2, -0.15) is 26.3 Å². The number of amides is 2. The van der Waals surface area contributed by atoms with E-state index in [1.807, 2.05) is 0 Å². The number of halogens is 6. The van der Waals surface area contributed by atoms with Crippen LogP contribution in [-0.4, -0.2) is 36.6 Å². The fourth-order valence-electron chi connectivity index (χ4n) is 2.84. The van der Waals surface area contributed by atoms with E-state index in [-0.39, 0.29) is 25.8 Å². The molecule has 0 aliphatic carbocycles. The summed E-state index contributed by atoms with van der Waals surface area (Å²) >= 11 is 0. The van der Waals surface area contributed by atoms with Crippen molar-refractivity contribution in [3.05, 3.63) is 29.3 Å². The third-order valence-corrected chi connectivity index (χ3v) is 4.17. The Bertz CT molecular complexity index is 700. The molecule has 0 saturated carbocycles. The van der Waals surface area contributed by atoms with Crippen molar-refractivity contribution in [1.29, 1.82) is 0 Å². The number of hydrogen-bond acceptors (Lipinski definition) is 3. The van der Waals surface area contributed by atoms with Gasteiger partial charge in [-0.05, 0) is 38.0 Å². The molecule has 1 atom stereocenters. The molecule has 1 N–H and O–H groups in total. The number of rotatable bonds is 3. The number of ether oxygens (including phenoxy) is 1. The van der Waals surface area contributed by atoms with Crippen LogP contribution in [0.25, 0.3) is 0 Å². The van der Waals surface area contributed by atoms with E-state index in [4.69, 9.17) is 4.74 Å². The SMILES string of the molecule is CCOC(=O)C1CCCN(C(=O)Nc2cc(C(F)(F)F)cc(C(F)(F)F)c2)C1. The number of alkyl halides is 6. The molecule has 0 radical (unpaired) electrons. The van der Waals surface area contributed by atoms with E-state index in [1.165, 1.54) is 4.90 Å². The number of esters is 1. The second-order valence-electron chi connectivity index (χ2n) is 6.26. The number of piperidine rings is 1. The predicted octanol–water partition coefficient (Wildman–Crippen LogP) is 4.53. The molecule has 1 fully saturated rings. The molecule has 0 aromatic heterocycles. The van der Waals surface area contributed by atoms with E-state index in [0.717, 1.165) is 0 Å². The lowest BCUT2D eigenvalue weighted by molar-refractivity contribution is -0.149. The summed E-state index contributed by atoms with van der Waals surface area (Å²) in [6, 6.07) is -0.0471. The Balaban J connectivity index is 2.19. The molecule has 1 aromatic rings. The molecule has 0 spiro atoms. The number of hydrogen-bond donors (Lipinski definition) is 1. The van der Waals surface area contributed by atoms with Crippen LogP contribution in [0.1, 0.15) is 30.9 Å². The second kappa shape index (κ2) is 8.27. The first kappa shape index (κ1) is 21.8. The number of anilines is 1. The van der Waals surface area contributed by atoms with E-state index >= 15 is 0 Å². The van der Waals surface area contributed by atoms with E-state index in [2.05, 4.69) is 5.32 Å². The second-order valence-corrected chi connectivity index (χ2v) is 6.26. The molecule has 1 aromatic carbocycles. The van der Waals surface area contributed by atoms with Gasteiger partial charge in [0.1, 0.15) is 0 Å². The summed E-state index contributed by atoms with van der Waals surface area (Å²) in [5.41, 5.74) is -3.69. The highest BCUT2D eigenvalue weighted by Crippen LogP contribution is 2.37. The number of carbonyl (C=O) groups excluding carboxylic acids is 2. The van der Waals surface area contributed by atoms with Gasteiger partial charge in [0, 0.05) is 18.8 Å². The summed E-state index contributed by atoms with van der Waals surface area (Å²) in [4.78, 5) is 25.3. The highest BCUT2D eigenvalue weighted by molar-refractivity contribution is 5.90. The first-order valence-electron chi connectivity index (χ1n) is 8.44. The van der Waals surface area contributed by atoms with Crippen LogP contribution in [-0.2, 0) is 21.9 Å². The molecule has 1 unspecified atom stereocenters. The summed E-state index contributed by atoms with van der Waals surface area (Å²) in [6.45, 7) is 1.96. The van der Waals surface area contributed by atoms with Gasteiger partial charge < -0.3 is 15.0 Å². The largest absolute Gasteiger partial charge is 0.466 e. The van der Waals surface area contributed by atoms with Gasteiger partial charge in [0.05, 0.1) is 23.7 Å². The highest BCUT2D eigenvalue weighted by atomic mass is 19.4. The minimum atomic E-state index is -5.01. The molecule has 156 valence electrons. The molecule has 11 heteroatoms. The molecule has 0 bridgehead atoms. The molecule has 1 aliphatic heterocycles. The number of carbonyl (C=O) groups is 2. The monoisotopic (exact) mass is 412 g/mol. The fourth-order valence-corrected chi connectivity index (χ4v) is 2.84. The molecule has 1 heterocycles. The summed E-state index contributed by atoms with van der Waals surface area (Å²) in [6.07, 6.45) is -9.10. The lowest BCUT2D eigenvalue weighted by Crippen LogP contribution is -2.44. The maximum absolute atomic E-state index is 12.9. The maximum Gasteiger partial charge on any atom is 0.416 e. The minimum Gasteiger partial charge on any atom is -0.466 e. The van der Waals surface area contributed by atoms with Crippen molar-refractivity contribution in [2.45, 2.75) is 32.1 Å². The van der Waals surface area contributed by atoms with Crippen molar-refractivity contribution >= 4 is 17.7 Å². The normalized spacial score (nSPS) is 18.0. The molecular formula is C17H18F6N2O3. The Kier molecular flexibility index (Phi) is 6.45. The van der Waals surface area contributed by atoms with E-state index in [9.17, 15) is 35.9 Å². The molecule has 2 amide bonds. The van der Waals surface area contributed by atoms with Crippen LogP contribution in [0, 0.1) is 5.92 Å². The number of likely N-dealkylation sites (tertiary alicyclic amines) is 1. The van der Waals surface area contributed by atoms with Crippen LogP contribution in [0.4, 0.5) is 36.8 Å². The number of benzene rings is 1. The number of nitrogens with one attached hydrogen (secondary N) is 1. The number of nitrogens with zero attached hydrogens (tertiary/aromatic N) is 1. The molecule has 1 aliphatic rings. The third-order valence-electron chi connectivity index (χ3n) is 4.17. The van der Waals surface area contributed by atoms with Crippen molar-refractivity contribution in [2.75, 3.05) is 25.0 Å². The van der Waals surface area contributed by atoms with Gasteiger partial charge in [-0.3, -0.25) is 4.79 Å². The van der Waals surface area contributed by atoms with E-state index in [1.54, 1.807) is 6.92 Å².